The molecule has 0 unspecified atom stereocenters. The summed E-state index contributed by atoms with van der Waals surface area (Å²) in [7, 11) is -4.09. The van der Waals surface area contributed by atoms with Crippen LogP contribution in [-0.2, 0) is 32.6 Å². The fraction of sp³-hybridized carbons (Fsp3) is 0.289. The van der Waals surface area contributed by atoms with Gasteiger partial charge in [-0.15, -0.1) is 0 Å². The van der Waals surface area contributed by atoms with Crippen molar-refractivity contribution in [2.24, 2.45) is 5.92 Å². The van der Waals surface area contributed by atoms with Gasteiger partial charge in [-0.2, -0.15) is 4.31 Å². The molecule has 3 N–H and O–H groups in total. The van der Waals surface area contributed by atoms with Crippen molar-refractivity contribution in [3.8, 4) is 0 Å². The molecule has 8 nitrogen and oxygen atoms in total. The first kappa shape index (κ1) is 37.1. The highest BCUT2D eigenvalue weighted by Crippen LogP contribution is 2.45. The van der Waals surface area contributed by atoms with Gasteiger partial charge in [0.05, 0.1) is 17.0 Å². The van der Waals surface area contributed by atoms with Crippen LogP contribution in [0.2, 0.25) is 5.02 Å². The van der Waals surface area contributed by atoms with Gasteiger partial charge in [0.25, 0.3) is 0 Å². The number of aryl methyl sites for hydroxylation is 1. The molecule has 1 aliphatic carbocycles. The Hall–Kier alpha value is -4.80. The Kier molecular flexibility index (Phi) is 10.4. The summed E-state index contributed by atoms with van der Waals surface area (Å²) in [5.74, 6) is -0.369. The van der Waals surface area contributed by atoms with E-state index in [1.165, 1.54) is 62.5 Å². The van der Waals surface area contributed by atoms with Crippen LogP contribution in [0.3, 0.4) is 0 Å². The molecular formula is C45H45ClN4O4S. The molecule has 1 aliphatic heterocycles. The zero-order valence-corrected chi connectivity index (χ0v) is 32.6. The number of piperazine rings is 1. The van der Waals surface area contributed by atoms with Crippen LogP contribution < -0.4 is 16.0 Å². The van der Waals surface area contributed by atoms with Crippen LogP contribution in [0.25, 0.3) is 32.3 Å². The first-order valence-electron chi connectivity index (χ1n) is 19.1. The number of nitrogens with one attached hydrogen (secondary N) is 3. The van der Waals surface area contributed by atoms with E-state index in [-0.39, 0.29) is 30.3 Å². The molecule has 6 aromatic carbocycles. The van der Waals surface area contributed by atoms with Gasteiger partial charge in [-0.3, -0.25) is 9.59 Å². The summed E-state index contributed by atoms with van der Waals surface area (Å²) in [5.41, 5.74) is 5.59. The fourth-order valence-electron chi connectivity index (χ4n) is 8.54. The standard InChI is InChI=1S/C45H45ClN4O4S/c1-28(2)26-47-27-30-24-41-37-13-7-12-36(38(37)20-21-39(41)35-11-6-5-9-33(30)35)40-19-14-29-8-3-4-10-34(29)44(40)49-43(51)25-42-45(52)48-22-23-50(42)55(53,54)32-17-15-31(46)16-18-32/h3-6,8-11,14-21,24,28,36,42,47H,7,12-13,22-23,25-27H2,1-2H3,(H,48,52)(H,49,51)/t36-,42-/m1/s1. The lowest BCUT2D eigenvalue weighted by Gasteiger charge is -2.34. The molecule has 0 bridgehead atoms. The smallest absolute Gasteiger partial charge is 0.243 e. The van der Waals surface area contributed by atoms with Crippen molar-refractivity contribution in [1.29, 1.82) is 0 Å². The molecule has 0 radical (unpaired) electrons. The number of carbonyl (C=O) groups excluding carboxylic acids is 2. The van der Waals surface area contributed by atoms with E-state index in [2.05, 4.69) is 84.4 Å². The number of amides is 2. The molecule has 8 rings (SSSR count). The van der Waals surface area contributed by atoms with E-state index >= 15 is 0 Å². The van der Waals surface area contributed by atoms with Crippen LogP contribution in [0.4, 0.5) is 5.69 Å². The Morgan fingerprint density at radius 3 is 2.36 bits per heavy atom. The van der Waals surface area contributed by atoms with Gasteiger partial charge in [0, 0.05) is 36.0 Å². The van der Waals surface area contributed by atoms with Crippen molar-refractivity contribution in [1.82, 2.24) is 14.9 Å². The summed E-state index contributed by atoms with van der Waals surface area (Å²) in [5, 5.41) is 16.9. The summed E-state index contributed by atoms with van der Waals surface area (Å²) in [6.45, 7) is 6.38. The number of fused-ring (bicyclic) bond motifs is 6. The number of sulfonamides is 1. The van der Waals surface area contributed by atoms with Gasteiger partial charge < -0.3 is 16.0 Å². The van der Waals surface area contributed by atoms with Gasteiger partial charge in [-0.05, 0) is 111 Å². The molecule has 1 heterocycles. The highest BCUT2D eigenvalue weighted by Gasteiger charge is 2.40. The second-order valence-corrected chi connectivity index (χ2v) is 17.5. The number of halogens is 1. The van der Waals surface area contributed by atoms with Gasteiger partial charge in [0.15, 0.2) is 0 Å². The lowest BCUT2D eigenvalue weighted by atomic mass is 9.75. The third kappa shape index (κ3) is 7.22. The maximum Gasteiger partial charge on any atom is 0.243 e. The van der Waals surface area contributed by atoms with Crippen LogP contribution >= 0.6 is 11.6 Å². The fourth-order valence-corrected chi connectivity index (χ4v) is 10.3. The second kappa shape index (κ2) is 15.4. The summed E-state index contributed by atoms with van der Waals surface area (Å²) in [6, 6.07) is 32.4. The number of carbonyl (C=O) groups is 2. The lowest BCUT2D eigenvalue weighted by Crippen LogP contribution is -2.57. The monoisotopic (exact) mass is 772 g/mol. The van der Waals surface area contributed by atoms with E-state index in [0.29, 0.717) is 16.6 Å². The van der Waals surface area contributed by atoms with Gasteiger partial charge in [0.2, 0.25) is 21.8 Å². The Morgan fingerprint density at radius 1 is 0.873 bits per heavy atom. The topological polar surface area (TPSA) is 108 Å². The van der Waals surface area contributed by atoms with Crippen LogP contribution in [0.15, 0.2) is 108 Å². The molecule has 0 saturated carbocycles. The molecule has 1 saturated heterocycles. The Morgan fingerprint density at radius 2 is 1.58 bits per heavy atom. The average molecular weight is 773 g/mol. The van der Waals surface area contributed by atoms with Gasteiger partial charge in [0.1, 0.15) is 6.04 Å². The Bertz CT molecular complexity index is 2560. The summed E-state index contributed by atoms with van der Waals surface area (Å²) in [6.07, 6.45) is 2.52. The van der Waals surface area contributed by atoms with Crippen molar-refractivity contribution in [2.45, 2.75) is 62.9 Å². The number of nitrogens with zero attached hydrogens (tertiary/aromatic N) is 1. The van der Waals surface area contributed by atoms with Crippen molar-refractivity contribution in [3.05, 3.63) is 130 Å². The summed E-state index contributed by atoms with van der Waals surface area (Å²) >= 11 is 6.03. The zero-order valence-electron chi connectivity index (χ0n) is 31.1. The summed E-state index contributed by atoms with van der Waals surface area (Å²) in [4.78, 5) is 27.4. The minimum atomic E-state index is -4.09. The molecule has 1 fully saturated rings. The largest absolute Gasteiger partial charge is 0.353 e. The molecule has 6 aromatic rings. The van der Waals surface area contributed by atoms with Crippen molar-refractivity contribution >= 4 is 71.4 Å². The highest BCUT2D eigenvalue weighted by atomic mass is 35.5. The zero-order chi connectivity index (χ0) is 38.3. The van der Waals surface area contributed by atoms with Crippen LogP contribution in [0, 0.1) is 5.92 Å². The van der Waals surface area contributed by atoms with Crippen LogP contribution in [0.5, 0.6) is 0 Å². The maximum absolute atomic E-state index is 14.1. The lowest BCUT2D eigenvalue weighted by molar-refractivity contribution is -0.130. The van der Waals surface area contributed by atoms with Crippen molar-refractivity contribution in [3.63, 3.8) is 0 Å². The van der Waals surface area contributed by atoms with Crippen molar-refractivity contribution in [2.75, 3.05) is 25.0 Å². The van der Waals surface area contributed by atoms with Crippen LogP contribution in [0.1, 0.15) is 61.3 Å². The minimum Gasteiger partial charge on any atom is -0.353 e. The molecule has 2 aliphatic rings. The Balaban J connectivity index is 1.16. The van der Waals surface area contributed by atoms with E-state index in [1.54, 1.807) is 0 Å². The van der Waals surface area contributed by atoms with E-state index in [9.17, 15) is 18.0 Å². The molecular weight excluding hydrogens is 728 g/mol. The predicted octanol–water partition coefficient (Wildman–Crippen LogP) is 8.53. The first-order valence-corrected chi connectivity index (χ1v) is 21.0. The molecule has 2 amide bonds. The van der Waals surface area contributed by atoms with Gasteiger partial charge >= 0.3 is 0 Å². The van der Waals surface area contributed by atoms with Crippen LogP contribution in [-0.4, -0.2) is 50.2 Å². The normalized spacial score (nSPS) is 17.8. The SMILES string of the molecule is CC(C)CNCc1cc2c3c(ccc2c2ccccc12)[C@H](c1ccc2ccccc2c1NC(=O)C[C@@H]1C(=O)NCCN1S(=O)(=O)c1ccc(Cl)cc1)CCC3. The molecule has 0 spiro atoms. The van der Waals surface area contributed by atoms with Gasteiger partial charge in [-0.1, -0.05) is 98.2 Å². The molecule has 2 atom stereocenters. The minimum absolute atomic E-state index is 0.0156. The second-order valence-electron chi connectivity index (χ2n) is 15.2. The molecule has 282 valence electrons. The highest BCUT2D eigenvalue weighted by molar-refractivity contribution is 7.89. The number of hydrogen-bond acceptors (Lipinski definition) is 5. The quantitative estimate of drug-likeness (QED) is 0.121. The van der Waals surface area contributed by atoms with Gasteiger partial charge in [-0.25, -0.2) is 8.42 Å². The average Bonchev–Trinajstić information content (AvgIpc) is 3.18. The van der Waals surface area contributed by atoms with E-state index in [4.69, 9.17) is 11.6 Å². The first-order chi connectivity index (χ1) is 26.6. The number of hydrogen-bond donors (Lipinski definition) is 3. The maximum atomic E-state index is 14.1. The number of anilines is 1. The number of rotatable bonds is 10. The molecule has 0 aromatic heterocycles. The summed E-state index contributed by atoms with van der Waals surface area (Å²) < 4.78 is 28.7. The Labute approximate surface area is 327 Å². The van der Waals surface area contributed by atoms with E-state index < -0.39 is 27.9 Å². The van der Waals surface area contributed by atoms with E-state index in [0.717, 1.165) is 53.0 Å². The predicted molar refractivity (Wildman–Crippen MR) is 222 cm³/mol. The third-order valence-electron chi connectivity index (χ3n) is 11.1. The molecule has 10 heteroatoms. The third-order valence-corrected chi connectivity index (χ3v) is 13.3. The molecule has 55 heavy (non-hydrogen) atoms. The number of benzene rings is 6. The van der Waals surface area contributed by atoms with E-state index in [1.807, 2.05) is 24.3 Å². The van der Waals surface area contributed by atoms with Crippen molar-refractivity contribution < 1.29 is 18.0 Å².